The Bertz CT molecular complexity index is 637. The fourth-order valence-electron chi connectivity index (χ4n) is 2.42. The summed E-state index contributed by atoms with van der Waals surface area (Å²) in [7, 11) is -3.77. The summed E-state index contributed by atoms with van der Waals surface area (Å²) >= 11 is 0. The quantitative estimate of drug-likeness (QED) is 0.703. The maximum atomic E-state index is 12.2. The Kier molecular flexibility index (Phi) is 4.28. The van der Waals surface area contributed by atoms with E-state index < -0.39 is 16.1 Å². The van der Waals surface area contributed by atoms with Crippen LogP contribution >= 0.6 is 0 Å². The SMILES string of the molecule is N#Cc1cc(N)ccc1S(=O)(=O)NCC1CCCC1O. The number of nitrogen functional groups attached to an aromatic ring is 1. The number of hydrogen-bond acceptors (Lipinski definition) is 5. The van der Waals surface area contributed by atoms with E-state index in [1.165, 1.54) is 18.2 Å². The number of nitrogens with two attached hydrogens (primary N) is 1. The third-order valence-electron chi connectivity index (χ3n) is 3.57. The molecule has 1 aromatic rings. The highest BCUT2D eigenvalue weighted by atomic mass is 32.2. The summed E-state index contributed by atoms with van der Waals surface area (Å²) in [5.41, 5.74) is 5.90. The van der Waals surface area contributed by atoms with Crippen molar-refractivity contribution in [2.45, 2.75) is 30.3 Å². The number of nitrogens with one attached hydrogen (secondary N) is 1. The Balaban J connectivity index is 2.16. The maximum absolute atomic E-state index is 12.2. The number of aliphatic hydroxyl groups excluding tert-OH is 1. The molecule has 0 bridgehead atoms. The number of rotatable bonds is 4. The predicted molar refractivity (Wildman–Crippen MR) is 74.1 cm³/mol. The number of nitrogens with zero attached hydrogens (tertiary/aromatic N) is 1. The van der Waals surface area contributed by atoms with Crippen LogP contribution in [-0.4, -0.2) is 26.2 Å². The van der Waals surface area contributed by atoms with Gasteiger partial charge in [0.05, 0.1) is 16.6 Å². The molecule has 2 atom stereocenters. The van der Waals surface area contributed by atoms with Gasteiger partial charge in [-0.2, -0.15) is 5.26 Å². The first-order chi connectivity index (χ1) is 9.44. The predicted octanol–water partition coefficient (Wildman–Crippen LogP) is 0.580. The van der Waals surface area contributed by atoms with Gasteiger partial charge in [-0.3, -0.25) is 0 Å². The number of anilines is 1. The van der Waals surface area contributed by atoms with Crippen LogP contribution in [0.15, 0.2) is 23.1 Å². The summed E-state index contributed by atoms with van der Waals surface area (Å²) < 4.78 is 26.9. The molecule has 0 saturated heterocycles. The lowest BCUT2D eigenvalue weighted by atomic mass is 10.1. The number of aliphatic hydroxyl groups is 1. The summed E-state index contributed by atoms with van der Waals surface area (Å²) in [4.78, 5) is -0.0818. The largest absolute Gasteiger partial charge is 0.399 e. The molecule has 2 unspecified atom stereocenters. The van der Waals surface area contributed by atoms with Gasteiger partial charge >= 0.3 is 0 Å². The van der Waals surface area contributed by atoms with E-state index in [2.05, 4.69) is 4.72 Å². The van der Waals surface area contributed by atoms with Crippen LogP contribution in [0.25, 0.3) is 0 Å². The maximum Gasteiger partial charge on any atom is 0.241 e. The Labute approximate surface area is 118 Å². The third-order valence-corrected chi connectivity index (χ3v) is 5.05. The van der Waals surface area contributed by atoms with Gasteiger partial charge in [0.1, 0.15) is 6.07 Å². The lowest BCUT2D eigenvalue weighted by Gasteiger charge is -2.15. The molecule has 0 spiro atoms. The van der Waals surface area contributed by atoms with Crippen LogP contribution in [0, 0.1) is 17.2 Å². The Morgan fingerprint density at radius 2 is 2.20 bits per heavy atom. The first-order valence-corrected chi connectivity index (χ1v) is 7.89. The summed E-state index contributed by atoms with van der Waals surface area (Å²) in [5, 5.41) is 18.7. The molecule has 1 aliphatic carbocycles. The summed E-state index contributed by atoms with van der Waals surface area (Å²) in [5.74, 6) is -0.0657. The average molecular weight is 295 g/mol. The van der Waals surface area contributed by atoms with Crippen molar-refractivity contribution in [3.05, 3.63) is 23.8 Å². The molecule has 20 heavy (non-hydrogen) atoms. The van der Waals surface area contributed by atoms with Gasteiger partial charge in [-0.15, -0.1) is 0 Å². The Morgan fingerprint density at radius 1 is 1.45 bits per heavy atom. The van der Waals surface area contributed by atoms with Crippen molar-refractivity contribution in [2.24, 2.45) is 5.92 Å². The number of benzene rings is 1. The van der Waals surface area contributed by atoms with Crippen molar-refractivity contribution in [3.8, 4) is 6.07 Å². The second-order valence-electron chi connectivity index (χ2n) is 4.98. The molecule has 108 valence electrons. The minimum Gasteiger partial charge on any atom is -0.399 e. The molecule has 1 fully saturated rings. The molecule has 7 heteroatoms. The van der Waals surface area contributed by atoms with Gasteiger partial charge in [-0.05, 0) is 37.0 Å². The highest BCUT2D eigenvalue weighted by molar-refractivity contribution is 7.89. The average Bonchev–Trinajstić information content (AvgIpc) is 2.81. The molecular weight excluding hydrogens is 278 g/mol. The fourth-order valence-corrected chi connectivity index (χ4v) is 3.65. The van der Waals surface area contributed by atoms with Gasteiger partial charge in [0, 0.05) is 12.2 Å². The summed E-state index contributed by atoms with van der Waals surface area (Å²) in [6.45, 7) is 0.179. The molecule has 4 N–H and O–H groups in total. The number of sulfonamides is 1. The van der Waals surface area contributed by atoms with Crippen LogP contribution in [0.5, 0.6) is 0 Å². The van der Waals surface area contributed by atoms with E-state index in [1.54, 1.807) is 0 Å². The molecule has 1 aromatic carbocycles. The zero-order valence-corrected chi connectivity index (χ0v) is 11.7. The van der Waals surface area contributed by atoms with E-state index in [0.29, 0.717) is 12.1 Å². The van der Waals surface area contributed by atoms with Crippen LogP contribution in [0.1, 0.15) is 24.8 Å². The van der Waals surface area contributed by atoms with Crippen LogP contribution < -0.4 is 10.5 Å². The topological polar surface area (TPSA) is 116 Å². The van der Waals surface area contributed by atoms with Crippen LogP contribution in [-0.2, 0) is 10.0 Å². The second kappa shape index (κ2) is 5.79. The second-order valence-corrected chi connectivity index (χ2v) is 6.71. The van der Waals surface area contributed by atoms with Gasteiger partial charge in [0.25, 0.3) is 0 Å². The van der Waals surface area contributed by atoms with Crippen molar-refractivity contribution >= 4 is 15.7 Å². The molecule has 1 saturated carbocycles. The van der Waals surface area contributed by atoms with Gasteiger partial charge < -0.3 is 10.8 Å². The fraction of sp³-hybridized carbons (Fsp3) is 0.462. The van der Waals surface area contributed by atoms with Gasteiger partial charge in [0.15, 0.2) is 0 Å². The molecule has 0 radical (unpaired) electrons. The van der Waals surface area contributed by atoms with Gasteiger partial charge in [-0.25, -0.2) is 13.1 Å². The van der Waals surface area contributed by atoms with E-state index in [0.717, 1.165) is 12.8 Å². The van der Waals surface area contributed by atoms with Crippen molar-refractivity contribution in [1.29, 1.82) is 5.26 Å². The third kappa shape index (κ3) is 3.10. The van der Waals surface area contributed by atoms with E-state index in [4.69, 9.17) is 11.0 Å². The van der Waals surface area contributed by atoms with E-state index >= 15 is 0 Å². The highest BCUT2D eigenvalue weighted by Gasteiger charge is 2.27. The first kappa shape index (κ1) is 14.8. The number of nitriles is 1. The molecule has 2 rings (SSSR count). The summed E-state index contributed by atoms with van der Waals surface area (Å²) in [6.07, 6.45) is 1.95. The zero-order chi connectivity index (χ0) is 14.8. The lowest BCUT2D eigenvalue weighted by Crippen LogP contribution is -2.32. The zero-order valence-electron chi connectivity index (χ0n) is 10.9. The number of hydrogen-bond donors (Lipinski definition) is 3. The van der Waals surface area contributed by atoms with Crippen LogP contribution in [0.2, 0.25) is 0 Å². The monoisotopic (exact) mass is 295 g/mol. The molecule has 0 amide bonds. The smallest absolute Gasteiger partial charge is 0.241 e. The lowest BCUT2D eigenvalue weighted by molar-refractivity contribution is 0.134. The normalized spacial score (nSPS) is 22.6. The van der Waals surface area contributed by atoms with Crippen molar-refractivity contribution < 1.29 is 13.5 Å². The van der Waals surface area contributed by atoms with E-state index in [1.807, 2.05) is 6.07 Å². The Hall–Kier alpha value is -1.62. The molecular formula is C13H17N3O3S. The molecule has 0 aromatic heterocycles. The Morgan fingerprint density at radius 3 is 2.80 bits per heavy atom. The molecule has 1 aliphatic rings. The molecule has 0 aliphatic heterocycles. The minimum atomic E-state index is -3.77. The standard InChI is InChI=1S/C13H17N3O3S/c14-7-10-6-11(15)4-5-13(10)20(18,19)16-8-9-2-1-3-12(9)17/h4-6,9,12,16-17H,1-3,8,15H2. The van der Waals surface area contributed by atoms with Crippen LogP contribution in [0.3, 0.4) is 0 Å². The van der Waals surface area contributed by atoms with Crippen molar-refractivity contribution in [2.75, 3.05) is 12.3 Å². The molecule has 6 nitrogen and oxygen atoms in total. The van der Waals surface area contributed by atoms with Gasteiger partial charge in [-0.1, -0.05) is 6.42 Å². The van der Waals surface area contributed by atoms with Crippen LogP contribution in [0.4, 0.5) is 5.69 Å². The summed E-state index contributed by atoms with van der Waals surface area (Å²) in [6, 6.07) is 5.93. The van der Waals surface area contributed by atoms with Gasteiger partial charge in [0.2, 0.25) is 10.0 Å². The molecule has 0 heterocycles. The van der Waals surface area contributed by atoms with E-state index in [-0.39, 0.29) is 22.9 Å². The van der Waals surface area contributed by atoms with Crippen molar-refractivity contribution in [1.82, 2.24) is 4.72 Å². The van der Waals surface area contributed by atoms with E-state index in [9.17, 15) is 13.5 Å². The highest BCUT2D eigenvalue weighted by Crippen LogP contribution is 2.25. The minimum absolute atomic E-state index is 0.0180. The van der Waals surface area contributed by atoms with Crippen molar-refractivity contribution in [3.63, 3.8) is 0 Å². The first-order valence-electron chi connectivity index (χ1n) is 6.41.